The van der Waals surface area contributed by atoms with Crippen LogP contribution < -0.4 is 0 Å². The van der Waals surface area contributed by atoms with E-state index in [1.807, 2.05) is 4.90 Å². The number of carbonyl (C=O) groups excluding carboxylic acids is 1. The number of nitrogens with zero attached hydrogens (tertiary/aromatic N) is 2. The van der Waals surface area contributed by atoms with E-state index in [1.165, 1.54) is 12.8 Å². The average molecular weight is 256 g/mol. The number of ether oxygens (including phenoxy) is 1. The lowest BCUT2D eigenvalue weighted by molar-refractivity contribution is -0.151. The summed E-state index contributed by atoms with van der Waals surface area (Å²) < 4.78 is 5.19. The van der Waals surface area contributed by atoms with E-state index < -0.39 is 0 Å². The molecule has 2 heterocycles. The second kappa shape index (κ2) is 6.50. The van der Waals surface area contributed by atoms with Crippen LogP contribution >= 0.6 is 0 Å². The maximum absolute atomic E-state index is 11.9. The van der Waals surface area contributed by atoms with Gasteiger partial charge in [0.1, 0.15) is 6.61 Å². The minimum Gasteiger partial charge on any atom is -0.394 e. The second-order valence-electron chi connectivity index (χ2n) is 5.18. The van der Waals surface area contributed by atoms with Crippen molar-refractivity contribution in [3.63, 3.8) is 0 Å². The van der Waals surface area contributed by atoms with Gasteiger partial charge in [0.15, 0.2) is 0 Å². The molecular formula is C13H24N2O3. The Bertz CT molecular complexity index is 285. The van der Waals surface area contributed by atoms with Crippen molar-refractivity contribution in [2.45, 2.75) is 38.3 Å². The number of hydrogen-bond donors (Lipinski definition) is 1. The zero-order chi connectivity index (χ0) is 13.0. The third kappa shape index (κ3) is 3.02. The van der Waals surface area contributed by atoms with Gasteiger partial charge < -0.3 is 14.7 Å². The van der Waals surface area contributed by atoms with Crippen LogP contribution in [0.15, 0.2) is 0 Å². The van der Waals surface area contributed by atoms with Crippen LogP contribution in [0.25, 0.3) is 0 Å². The fourth-order valence-electron chi connectivity index (χ4n) is 2.97. The Balaban J connectivity index is 1.98. The van der Waals surface area contributed by atoms with Gasteiger partial charge in [-0.15, -0.1) is 0 Å². The molecule has 0 saturated carbocycles. The molecule has 2 aliphatic rings. The van der Waals surface area contributed by atoms with E-state index in [0.717, 1.165) is 26.1 Å². The van der Waals surface area contributed by atoms with Crippen molar-refractivity contribution >= 4 is 5.91 Å². The number of aliphatic hydroxyl groups is 1. The number of likely N-dealkylation sites (tertiary alicyclic amines) is 1. The fourth-order valence-corrected chi connectivity index (χ4v) is 2.97. The minimum absolute atomic E-state index is 0.00934. The molecule has 0 aromatic heterocycles. The van der Waals surface area contributed by atoms with Gasteiger partial charge in [-0.25, -0.2) is 0 Å². The van der Waals surface area contributed by atoms with Crippen LogP contribution in [0.5, 0.6) is 0 Å². The first-order chi connectivity index (χ1) is 8.76. The van der Waals surface area contributed by atoms with Crippen LogP contribution in [0, 0.1) is 0 Å². The summed E-state index contributed by atoms with van der Waals surface area (Å²) in [4.78, 5) is 16.2. The average Bonchev–Trinajstić information content (AvgIpc) is 2.41. The summed E-state index contributed by atoms with van der Waals surface area (Å²) in [5.41, 5.74) is 0. The molecule has 18 heavy (non-hydrogen) atoms. The van der Waals surface area contributed by atoms with Gasteiger partial charge in [0.2, 0.25) is 5.91 Å². The van der Waals surface area contributed by atoms with Gasteiger partial charge in [0.25, 0.3) is 0 Å². The highest BCUT2D eigenvalue weighted by Crippen LogP contribution is 2.19. The van der Waals surface area contributed by atoms with E-state index in [0.29, 0.717) is 12.6 Å². The zero-order valence-corrected chi connectivity index (χ0v) is 11.2. The number of rotatable bonds is 4. The first-order valence-corrected chi connectivity index (χ1v) is 6.98. The number of carbonyl (C=O) groups is 1. The van der Waals surface area contributed by atoms with Crippen LogP contribution in [0.1, 0.15) is 26.2 Å². The second-order valence-corrected chi connectivity index (χ2v) is 5.18. The smallest absolute Gasteiger partial charge is 0.249 e. The Hall–Kier alpha value is -0.650. The molecule has 2 saturated heterocycles. The molecule has 1 amide bonds. The molecule has 104 valence electrons. The Kier molecular flexibility index (Phi) is 4.97. The summed E-state index contributed by atoms with van der Waals surface area (Å²) in [6.45, 7) is 5.68. The predicted octanol–water partition coefficient (Wildman–Crippen LogP) is 0.0805. The molecule has 0 aromatic carbocycles. The molecule has 2 unspecified atom stereocenters. The van der Waals surface area contributed by atoms with Crippen molar-refractivity contribution < 1.29 is 14.6 Å². The summed E-state index contributed by atoms with van der Waals surface area (Å²) in [6, 6.07) is 0.284. The van der Waals surface area contributed by atoms with Crippen molar-refractivity contribution in [2.75, 3.05) is 39.5 Å². The van der Waals surface area contributed by atoms with Crippen LogP contribution in [0.4, 0.5) is 0 Å². The van der Waals surface area contributed by atoms with E-state index in [1.54, 1.807) is 0 Å². The third-order valence-electron chi connectivity index (χ3n) is 4.07. The van der Waals surface area contributed by atoms with Gasteiger partial charge in [0.05, 0.1) is 19.3 Å². The number of aliphatic hydroxyl groups excluding tert-OH is 1. The van der Waals surface area contributed by atoms with Crippen molar-refractivity contribution in [2.24, 2.45) is 0 Å². The zero-order valence-electron chi connectivity index (χ0n) is 11.2. The Labute approximate surface area is 109 Å². The number of amides is 1. The molecule has 2 rings (SSSR count). The quantitative estimate of drug-likeness (QED) is 0.774. The van der Waals surface area contributed by atoms with Gasteiger partial charge in [-0.3, -0.25) is 9.69 Å². The van der Waals surface area contributed by atoms with Crippen LogP contribution in [-0.2, 0) is 9.53 Å². The summed E-state index contributed by atoms with van der Waals surface area (Å²) in [6.07, 6.45) is 3.64. The van der Waals surface area contributed by atoms with Crippen molar-refractivity contribution in [3.05, 3.63) is 0 Å². The molecule has 0 radical (unpaired) electrons. The van der Waals surface area contributed by atoms with Crippen molar-refractivity contribution in [3.8, 4) is 0 Å². The molecule has 0 bridgehead atoms. The molecule has 2 atom stereocenters. The maximum Gasteiger partial charge on any atom is 0.249 e. The van der Waals surface area contributed by atoms with E-state index in [9.17, 15) is 9.90 Å². The highest BCUT2D eigenvalue weighted by atomic mass is 16.5. The van der Waals surface area contributed by atoms with E-state index in [-0.39, 0.29) is 25.2 Å². The van der Waals surface area contributed by atoms with Crippen LogP contribution in [-0.4, -0.2) is 72.4 Å². The van der Waals surface area contributed by atoms with E-state index in [4.69, 9.17) is 4.74 Å². The normalized spacial score (nSPS) is 30.8. The lowest BCUT2D eigenvalue weighted by Gasteiger charge is -2.41. The summed E-state index contributed by atoms with van der Waals surface area (Å²) in [7, 11) is 0. The summed E-state index contributed by atoms with van der Waals surface area (Å²) in [5.74, 6) is 0.0157. The minimum atomic E-state index is -0.160. The first-order valence-electron chi connectivity index (χ1n) is 6.98. The van der Waals surface area contributed by atoms with E-state index >= 15 is 0 Å². The topological polar surface area (TPSA) is 53.0 Å². The molecular weight excluding hydrogens is 232 g/mol. The molecule has 0 aromatic rings. The SMILES string of the molecule is CCN1CCCCC1CN1C(=O)COCC1CO. The molecule has 2 fully saturated rings. The highest BCUT2D eigenvalue weighted by molar-refractivity contribution is 5.78. The van der Waals surface area contributed by atoms with Crippen LogP contribution in [0.2, 0.25) is 0 Å². The largest absolute Gasteiger partial charge is 0.394 e. The molecule has 5 nitrogen and oxygen atoms in total. The Morgan fingerprint density at radius 2 is 2.22 bits per heavy atom. The highest BCUT2D eigenvalue weighted by Gasteiger charge is 2.32. The van der Waals surface area contributed by atoms with Gasteiger partial charge in [0, 0.05) is 12.6 Å². The number of morpholine rings is 1. The molecule has 2 aliphatic heterocycles. The predicted molar refractivity (Wildman–Crippen MR) is 68.3 cm³/mol. The van der Waals surface area contributed by atoms with Gasteiger partial charge in [-0.1, -0.05) is 13.3 Å². The van der Waals surface area contributed by atoms with Gasteiger partial charge >= 0.3 is 0 Å². The Morgan fingerprint density at radius 3 is 2.94 bits per heavy atom. The van der Waals surface area contributed by atoms with Gasteiger partial charge in [-0.2, -0.15) is 0 Å². The molecule has 0 aliphatic carbocycles. The lowest BCUT2D eigenvalue weighted by atomic mass is 10.0. The fraction of sp³-hybridized carbons (Fsp3) is 0.923. The molecule has 1 N–H and O–H groups in total. The summed E-state index contributed by atoms with van der Waals surface area (Å²) >= 11 is 0. The Morgan fingerprint density at radius 1 is 1.39 bits per heavy atom. The van der Waals surface area contributed by atoms with Crippen molar-refractivity contribution in [1.82, 2.24) is 9.80 Å². The number of hydrogen-bond acceptors (Lipinski definition) is 4. The lowest BCUT2D eigenvalue weighted by Crippen LogP contribution is -2.56. The van der Waals surface area contributed by atoms with Crippen LogP contribution in [0.3, 0.4) is 0 Å². The van der Waals surface area contributed by atoms with Crippen molar-refractivity contribution in [1.29, 1.82) is 0 Å². The maximum atomic E-state index is 11.9. The standard InChI is InChI=1S/C13H24N2O3/c1-2-14-6-4-3-5-11(14)7-15-12(8-16)9-18-10-13(15)17/h11-12,16H,2-10H2,1H3. The summed E-state index contributed by atoms with van der Waals surface area (Å²) in [5, 5.41) is 9.34. The number of piperidine rings is 1. The third-order valence-corrected chi connectivity index (χ3v) is 4.07. The van der Waals surface area contributed by atoms with E-state index in [2.05, 4.69) is 11.8 Å². The monoisotopic (exact) mass is 256 g/mol. The first kappa shape index (κ1) is 13.8. The number of likely N-dealkylation sites (N-methyl/N-ethyl adjacent to an activating group) is 1. The molecule has 5 heteroatoms. The van der Waals surface area contributed by atoms with Gasteiger partial charge in [-0.05, 0) is 25.9 Å². The molecule has 0 spiro atoms.